The van der Waals surface area contributed by atoms with Crippen molar-refractivity contribution in [2.24, 2.45) is 5.41 Å². The second-order valence-corrected chi connectivity index (χ2v) is 8.70. The summed E-state index contributed by atoms with van der Waals surface area (Å²) in [6, 6.07) is 8.94. The van der Waals surface area contributed by atoms with E-state index in [1.165, 1.54) is 5.56 Å². The van der Waals surface area contributed by atoms with E-state index in [2.05, 4.69) is 70.3 Å². The molecule has 3 heteroatoms. The van der Waals surface area contributed by atoms with Crippen LogP contribution in [0.1, 0.15) is 53.0 Å². The van der Waals surface area contributed by atoms with E-state index in [-0.39, 0.29) is 5.41 Å². The smallest absolute Gasteiger partial charge is 0.119 e. The van der Waals surface area contributed by atoms with Crippen LogP contribution in [0.25, 0.3) is 0 Å². The molecule has 1 atom stereocenters. The van der Waals surface area contributed by atoms with E-state index in [0.717, 1.165) is 24.3 Å². The summed E-state index contributed by atoms with van der Waals surface area (Å²) in [5, 5.41) is 3.43. The third-order valence-electron chi connectivity index (χ3n) is 4.40. The Morgan fingerprint density at radius 2 is 1.75 bits per heavy atom. The summed E-state index contributed by atoms with van der Waals surface area (Å²) in [4.78, 5) is 0. The second kappa shape index (κ2) is 7.60. The lowest BCUT2D eigenvalue weighted by molar-refractivity contribution is 0.216. The first kappa shape index (κ1) is 18.9. The predicted molar refractivity (Wildman–Crippen MR) is 101 cm³/mol. The summed E-state index contributed by atoms with van der Waals surface area (Å²) in [6.45, 7) is 12.9. The normalized spacial score (nSPS) is 18.2. The Morgan fingerprint density at radius 3 is 2.33 bits per heavy atom. The van der Waals surface area contributed by atoms with Crippen molar-refractivity contribution in [3.05, 3.63) is 41.6 Å². The van der Waals surface area contributed by atoms with Gasteiger partial charge in [0, 0.05) is 12.8 Å². The summed E-state index contributed by atoms with van der Waals surface area (Å²) in [5.74, 6) is 0.937. The van der Waals surface area contributed by atoms with Gasteiger partial charge in [-0.3, -0.25) is 0 Å². The van der Waals surface area contributed by atoms with Crippen LogP contribution in [-0.2, 0) is 10.2 Å². The van der Waals surface area contributed by atoms with Gasteiger partial charge in [0.2, 0.25) is 0 Å². The Morgan fingerprint density at radius 1 is 1.08 bits per heavy atom. The molecule has 1 heterocycles. The molecule has 134 valence electrons. The molecule has 0 radical (unpaired) electrons. The van der Waals surface area contributed by atoms with Crippen molar-refractivity contribution in [3.8, 4) is 5.75 Å². The van der Waals surface area contributed by atoms with Gasteiger partial charge in [-0.05, 0) is 41.4 Å². The first-order valence-corrected chi connectivity index (χ1v) is 8.87. The molecule has 0 aromatic heterocycles. The van der Waals surface area contributed by atoms with Crippen LogP contribution in [0.15, 0.2) is 36.0 Å². The molecule has 0 unspecified atom stereocenters. The zero-order chi connectivity index (χ0) is 17.8. The van der Waals surface area contributed by atoms with Crippen molar-refractivity contribution in [2.75, 3.05) is 20.3 Å². The van der Waals surface area contributed by atoms with Crippen molar-refractivity contribution < 1.29 is 9.47 Å². The molecule has 3 nitrogen and oxygen atoms in total. The summed E-state index contributed by atoms with van der Waals surface area (Å²) in [6.07, 6.45) is 4.34. The van der Waals surface area contributed by atoms with E-state index >= 15 is 0 Å². The third-order valence-corrected chi connectivity index (χ3v) is 4.40. The molecule has 0 saturated carbocycles. The fourth-order valence-corrected chi connectivity index (χ4v) is 3.66. The van der Waals surface area contributed by atoms with E-state index in [1.807, 2.05) is 0 Å². The van der Waals surface area contributed by atoms with Crippen LogP contribution < -0.4 is 10.1 Å². The molecule has 1 aromatic carbocycles. The van der Waals surface area contributed by atoms with Crippen molar-refractivity contribution in [1.29, 1.82) is 0 Å². The summed E-state index contributed by atoms with van der Waals surface area (Å²) in [5.41, 5.74) is 3.01. The zero-order valence-corrected chi connectivity index (χ0v) is 16.1. The highest BCUT2D eigenvalue weighted by atomic mass is 16.5. The summed E-state index contributed by atoms with van der Waals surface area (Å²) < 4.78 is 11.1. The van der Waals surface area contributed by atoms with Gasteiger partial charge in [-0.25, -0.2) is 0 Å². The second-order valence-electron chi connectivity index (χ2n) is 8.70. The van der Waals surface area contributed by atoms with Crippen LogP contribution in [0.2, 0.25) is 0 Å². The minimum Gasteiger partial charge on any atom is -0.491 e. The molecule has 0 fully saturated rings. The quantitative estimate of drug-likeness (QED) is 0.787. The van der Waals surface area contributed by atoms with Gasteiger partial charge in [-0.1, -0.05) is 52.8 Å². The molecule has 1 N–H and O–H groups in total. The maximum Gasteiger partial charge on any atom is 0.119 e. The van der Waals surface area contributed by atoms with E-state index in [0.29, 0.717) is 24.7 Å². The van der Waals surface area contributed by atoms with E-state index in [1.54, 1.807) is 7.11 Å². The van der Waals surface area contributed by atoms with Gasteiger partial charge in [-0.15, -0.1) is 0 Å². The highest BCUT2D eigenvalue weighted by Crippen LogP contribution is 2.36. The number of ether oxygens (including phenoxy) is 2. The molecular weight excluding hydrogens is 298 g/mol. The standard InChI is InChI=1S/C21H33NO2/c1-20(2,3)15-21(4,5)16-7-11-19(12-8-16)24-14-18-10-9-17(22-18)13-23-6/h7-9,11-12,18,22H,10,13-15H2,1-6H3/t18-/m0/s1. The number of rotatable bonds is 7. The number of methoxy groups -OCH3 is 1. The van der Waals surface area contributed by atoms with Crippen molar-refractivity contribution in [1.82, 2.24) is 5.32 Å². The van der Waals surface area contributed by atoms with Crippen LogP contribution in [0.4, 0.5) is 0 Å². The third kappa shape index (κ3) is 5.55. The Kier molecular flexibility index (Phi) is 5.97. The van der Waals surface area contributed by atoms with Crippen LogP contribution in [0.5, 0.6) is 5.75 Å². The number of benzene rings is 1. The van der Waals surface area contributed by atoms with Gasteiger partial charge in [0.15, 0.2) is 0 Å². The Bertz CT molecular complexity index is 552. The minimum absolute atomic E-state index is 0.169. The number of nitrogens with one attached hydrogen (secondary N) is 1. The molecule has 1 aliphatic heterocycles. The Balaban J connectivity index is 1.87. The predicted octanol–water partition coefficient (Wildman–Crippen LogP) is 4.67. The lowest BCUT2D eigenvalue weighted by Gasteiger charge is -2.33. The molecular formula is C21H33NO2. The number of hydrogen-bond donors (Lipinski definition) is 1. The highest BCUT2D eigenvalue weighted by molar-refractivity contribution is 5.32. The molecule has 1 aromatic rings. The molecule has 0 saturated heterocycles. The van der Waals surface area contributed by atoms with Crippen LogP contribution in [-0.4, -0.2) is 26.4 Å². The molecule has 0 bridgehead atoms. The SMILES string of the molecule is COCC1=CC[C@@H](COc2ccc(C(C)(C)CC(C)(C)C)cc2)N1. The minimum atomic E-state index is 0.169. The maximum absolute atomic E-state index is 5.95. The van der Waals surface area contributed by atoms with E-state index in [4.69, 9.17) is 9.47 Å². The van der Waals surface area contributed by atoms with Crippen LogP contribution in [0.3, 0.4) is 0 Å². The molecule has 0 spiro atoms. The first-order valence-electron chi connectivity index (χ1n) is 8.87. The van der Waals surface area contributed by atoms with E-state index < -0.39 is 0 Å². The van der Waals surface area contributed by atoms with Crippen LogP contribution in [0, 0.1) is 5.41 Å². The average molecular weight is 332 g/mol. The monoisotopic (exact) mass is 331 g/mol. The topological polar surface area (TPSA) is 30.5 Å². The number of hydrogen-bond acceptors (Lipinski definition) is 3. The van der Waals surface area contributed by atoms with Crippen molar-refractivity contribution in [3.63, 3.8) is 0 Å². The first-order chi connectivity index (χ1) is 11.2. The molecule has 0 amide bonds. The molecule has 24 heavy (non-hydrogen) atoms. The van der Waals surface area contributed by atoms with Gasteiger partial charge in [0.05, 0.1) is 12.6 Å². The van der Waals surface area contributed by atoms with Gasteiger partial charge < -0.3 is 14.8 Å². The highest BCUT2D eigenvalue weighted by Gasteiger charge is 2.27. The lowest BCUT2D eigenvalue weighted by atomic mass is 9.72. The zero-order valence-electron chi connectivity index (χ0n) is 16.1. The van der Waals surface area contributed by atoms with Crippen molar-refractivity contribution in [2.45, 2.75) is 58.9 Å². The van der Waals surface area contributed by atoms with Crippen molar-refractivity contribution >= 4 is 0 Å². The Labute approximate surface area is 147 Å². The van der Waals surface area contributed by atoms with E-state index in [9.17, 15) is 0 Å². The van der Waals surface area contributed by atoms with Crippen LogP contribution >= 0.6 is 0 Å². The van der Waals surface area contributed by atoms with Gasteiger partial charge in [0.1, 0.15) is 12.4 Å². The Hall–Kier alpha value is -1.48. The van der Waals surface area contributed by atoms with Gasteiger partial charge in [-0.2, -0.15) is 0 Å². The average Bonchev–Trinajstić information content (AvgIpc) is 2.91. The molecule has 0 aliphatic carbocycles. The van der Waals surface area contributed by atoms with Gasteiger partial charge in [0.25, 0.3) is 0 Å². The molecule has 1 aliphatic rings. The lowest BCUT2D eigenvalue weighted by Crippen LogP contribution is -2.30. The van der Waals surface area contributed by atoms with Gasteiger partial charge >= 0.3 is 0 Å². The summed E-state index contributed by atoms with van der Waals surface area (Å²) in [7, 11) is 1.72. The largest absolute Gasteiger partial charge is 0.491 e. The maximum atomic E-state index is 5.95. The fourth-order valence-electron chi connectivity index (χ4n) is 3.66. The fraction of sp³-hybridized carbons (Fsp3) is 0.619. The summed E-state index contributed by atoms with van der Waals surface area (Å²) >= 11 is 0. The molecule has 2 rings (SSSR count).